The highest BCUT2D eigenvalue weighted by Crippen LogP contribution is 2.27. The molecule has 7 heteroatoms. The monoisotopic (exact) mass is 307 g/mol. The fourth-order valence-corrected chi connectivity index (χ4v) is 2.56. The quantitative estimate of drug-likeness (QED) is 0.516. The van der Waals surface area contributed by atoms with Gasteiger partial charge in [-0.05, 0) is 24.3 Å². The minimum atomic E-state index is -0.346. The van der Waals surface area contributed by atoms with Crippen LogP contribution in [0, 0.1) is 11.3 Å². The Morgan fingerprint density at radius 2 is 2.25 bits per heavy atom. The number of amides is 1. The molecule has 3 N–H and O–H groups in total. The number of hydrogen-bond donors (Lipinski definition) is 2. The van der Waals surface area contributed by atoms with Crippen molar-refractivity contribution in [2.24, 2.45) is 5.84 Å². The van der Waals surface area contributed by atoms with Gasteiger partial charge in [-0.15, -0.1) is 11.3 Å². The first kappa shape index (κ1) is 14.3. The van der Waals surface area contributed by atoms with E-state index in [2.05, 4.69) is 5.43 Å². The van der Waals surface area contributed by atoms with Gasteiger partial charge in [0, 0.05) is 4.88 Å². The Labute approximate surface area is 124 Å². The summed E-state index contributed by atoms with van der Waals surface area (Å²) in [6.07, 6.45) is 0. The van der Waals surface area contributed by atoms with Crippen molar-refractivity contribution in [3.05, 3.63) is 50.7 Å². The lowest BCUT2D eigenvalue weighted by Crippen LogP contribution is -2.29. The van der Waals surface area contributed by atoms with Gasteiger partial charge >= 0.3 is 0 Å². The maximum Gasteiger partial charge on any atom is 0.275 e. The smallest absolute Gasteiger partial charge is 0.275 e. The second-order valence-electron chi connectivity index (χ2n) is 3.75. The number of nitriles is 1. The molecule has 0 saturated heterocycles. The van der Waals surface area contributed by atoms with Crippen molar-refractivity contribution in [1.82, 2.24) is 5.43 Å². The second kappa shape index (κ2) is 6.39. The first-order valence-corrected chi connectivity index (χ1v) is 6.76. The zero-order valence-corrected chi connectivity index (χ0v) is 11.8. The fraction of sp³-hybridized carbons (Fsp3) is 0.0769. The molecule has 1 heterocycles. The normalized spacial score (nSPS) is 9.85. The molecule has 0 unspecified atom stereocenters. The van der Waals surface area contributed by atoms with Crippen molar-refractivity contribution in [2.45, 2.75) is 6.61 Å². The molecule has 0 bridgehead atoms. The number of hydrogen-bond acceptors (Lipinski definition) is 5. The number of benzene rings is 1. The van der Waals surface area contributed by atoms with Gasteiger partial charge in [0.05, 0.1) is 9.90 Å². The molecular weight excluding hydrogens is 298 g/mol. The topological polar surface area (TPSA) is 88.1 Å². The van der Waals surface area contributed by atoms with Gasteiger partial charge in [-0.3, -0.25) is 10.2 Å². The molecule has 0 saturated carbocycles. The second-order valence-corrected chi connectivity index (χ2v) is 5.33. The van der Waals surface area contributed by atoms with Gasteiger partial charge in [0.15, 0.2) is 0 Å². The zero-order chi connectivity index (χ0) is 14.5. The van der Waals surface area contributed by atoms with E-state index in [4.69, 9.17) is 27.4 Å². The lowest BCUT2D eigenvalue weighted by molar-refractivity contribution is 0.0957. The van der Waals surface area contributed by atoms with Crippen LogP contribution in [0.1, 0.15) is 20.1 Å². The van der Waals surface area contributed by atoms with Crippen molar-refractivity contribution in [1.29, 1.82) is 5.26 Å². The molecule has 0 fully saturated rings. The highest BCUT2D eigenvalue weighted by molar-refractivity contribution is 7.14. The standard InChI is InChI=1S/C13H10ClN3O2S/c14-10-2-1-3-11(9(10)6-15)19-7-8-4-5-12(20-8)13(18)17-16/h1-5H,7,16H2,(H,17,18). The van der Waals surface area contributed by atoms with Crippen LogP contribution in [0.4, 0.5) is 0 Å². The Morgan fingerprint density at radius 1 is 1.45 bits per heavy atom. The molecule has 1 aromatic heterocycles. The molecule has 0 spiro atoms. The van der Waals surface area contributed by atoms with Gasteiger partial charge in [-0.1, -0.05) is 17.7 Å². The summed E-state index contributed by atoms with van der Waals surface area (Å²) in [5.74, 6) is 5.13. The average Bonchev–Trinajstić information content (AvgIpc) is 2.93. The Bertz CT molecular complexity index is 678. The first-order valence-electron chi connectivity index (χ1n) is 5.56. The summed E-state index contributed by atoms with van der Waals surface area (Å²) < 4.78 is 5.56. The number of hydrazine groups is 1. The fourth-order valence-electron chi connectivity index (χ4n) is 1.53. The molecule has 5 nitrogen and oxygen atoms in total. The van der Waals surface area contributed by atoms with Crippen molar-refractivity contribution in [3.63, 3.8) is 0 Å². The number of nitrogens with zero attached hydrogens (tertiary/aromatic N) is 1. The van der Waals surface area contributed by atoms with E-state index in [-0.39, 0.29) is 12.5 Å². The number of nitrogens with one attached hydrogen (secondary N) is 1. The summed E-state index contributed by atoms with van der Waals surface area (Å²) in [5.41, 5.74) is 2.36. The lowest BCUT2D eigenvalue weighted by Gasteiger charge is -2.07. The Hall–Kier alpha value is -2.07. The third kappa shape index (κ3) is 3.08. The van der Waals surface area contributed by atoms with Crippen molar-refractivity contribution in [2.75, 3.05) is 0 Å². The van der Waals surface area contributed by atoms with Gasteiger partial charge in [0.2, 0.25) is 0 Å². The van der Waals surface area contributed by atoms with E-state index in [0.29, 0.717) is 21.2 Å². The Morgan fingerprint density at radius 3 is 2.95 bits per heavy atom. The number of carbonyl (C=O) groups excluding carboxylic acids is 1. The molecule has 0 aliphatic carbocycles. The summed E-state index contributed by atoms with van der Waals surface area (Å²) in [5, 5.41) is 9.37. The summed E-state index contributed by atoms with van der Waals surface area (Å²) in [6.45, 7) is 0.248. The molecule has 1 aromatic carbocycles. The average molecular weight is 308 g/mol. The third-order valence-corrected chi connectivity index (χ3v) is 3.85. The molecule has 1 amide bonds. The number of nitrogens with two attached hydrogens (primary N) is 1. The molecule has 0 aliphatic rings. The van der Waals surface area contributed by atoms with Crippen LogP contribution in [0.2, 0.25) is 5.02 Å². The highest BCUT2D eigenvalue weighted by Gasteiger charge is 2.10. The van der Waals surface area contributed by atoms with E-state index in [1.165, 1.54) is 11.3 Å². The van der Waals surface area contributed by atoms with Crippen LogP contribution >= 0.6 is 22.9 Å². The molecule has 102 valence electrons. The Balaban J connectivity index is 2.10. The molecule has 0 aliphatic heterocycles. The highest BCUT2D eigenvalue weighted by atomic mass is 35.5. The summed E-state index contributed by atoms with van der Waals surface area (Å²) in [7, 11) is 0. The number of thiophene rings is 1. The minimum absolute atomic E-state index is 0.248. The van der Waals surface area contributed by atoms with Crippen LogP contribution in [-0.4, -0.2) is 5.91 Å². The van der Waals surface area contributed by atoms with E-state index >= 15 is 0 Å². The zero-order valence-electron chi connectivity index (χ0n) is 10.2. The van der Waals surface area contributed by atoms with Crippen LogP contribution in [0.5, 0.6) is 5.75 Å². The molecule has 0 atom stereocenters. The number of nitrogen functional groups attached to an aromatic ring is 1. The number of rotatable bonds is 4. The van der Waals surface area contributed by atoms with Crippen LogP contribution in [-0.2, 0) is 6.61 Å². The molecule has 2 rings (SSSR count). The van der Waals surface area contributed by atoms with Crippen LogP contribution in [0.3, 0.4) is 0 Å². The van der Waals surface area contributed by atoms with Gasteiger partial charge < -0.3 is 4.74 Å². The van der Waals surface area contributed by atoms with Crippen molar-refractivity contribution >= 4 is 28.8 Å². The van der Waals surface area contributed by atoms with Gasteiger partial charge in [0.25, 0.3) is 5.91 Å². The number of halogens is 1. The molecule has 2 aromatic rings. The SMILES string of the molecule is N#Cc1c(Cl)cccc1OCc1ccc(C(=O)NN)s1. The van der Waals surface area contributed by atoms with Crippen molar-refractivity contribution in [3.8, 4) is 11.8 Å². The third-order valence-electron chi connectivity index (χ3n) is 2.47. The predicted octanol–water partition coefficient (Wildman–Crippen LogP) is 2.46. The van der Waals surface area contributed by atoms with Crippen LogP contribution in [0.15, 0.2) is 30.3 Å². The van der Waals surface area contributed by atoms with E-state index in [9.17, 15) is 4.79 Å². The van der Waals surface area contributed by atoms with E-state index in [1.54, 1.807) is 30.3 Å². The van der Waals surface area contributed by atoms with Gasteiger partial charge in [-0.25, -0.2) is 5.84 Å². The maximum absolute atomic E-state index is 11.3. The maximum atomic E-state index is 11.3. The number of carbonyl (C=O) groups is 1. The lowest BCUT2D eigenvalue weighted by atomic mass is 10.2. The number of ether oxygens (including phenoxy) is 1. The summed E-state index contributed by atoms with van der Waals surface area (Å²) >= 11 is 7.18. The van der Waals surface area contributed by atoms with E-state index in [1.807, 2.05) is 6.07 Å². The minimum Gasteiger partial charge on any atom is -0.487 e. The van der Waals surface area contributed by atoms with Gasteiger partial charge in [-0.2, -0.15) is 5.26 Å². The van der Waals surface area contributed by atoms with Crippen LogP contribution in [0.25, 0.3) is 0 Å². The molecule has 0 radical (unpaired) electrons. The summed E-state index contributed by atoms with van der Waals surface area (Å²) in [4.78, 5) is 12.7. The van der Waals surface area contributed by atoms with Crippen molar-refractivity contribution < 1.29 is 9.53 Å². The van der Waals surface area contributed by atoms with E-state index < -0.39 is 0 Å². The summed E-state index contributed by atoms with van der Waals surface area (Å²) in [6, 6.07) is 10.4. The predicted molar refractivity (Wildman–Crippen MR) is 76.5 cm³/mol. The van der Waals surface area contributed by atoms with Crippen LogP contribution < -0.4 is 16.0 Å². The molecule has 20 heavy (non-hydrogen) atoms. The van der Waals surface area contributed by atoms with E-state index in [0.717, 1.165) is 4.88 Å². The molecular formula is C13H10ClN3O2S. The largest absolute Gasteiger partial charge is 0.487 e. The van der Waals surface area contributed by atoms with Gasteiger partial charge in [0.1, 0.15) is 24.0 Å². The Kier molecular flexibility index (Phi) is 4.58. The first-order chi connectivity index (χ1) is 9.65.